The first-order valence-corrected chi connectivity index (χ1v) is 6.52. The van der Waals surface area contributed by atoms with Gasteiger partial charge in [-0.05, 0) is 55.4 Å². The molecule has 1 aliphatic carbocycles. The molecule has 86 valence electrons. The first-order chi connectivity index (χ1) is 7.67. The molecule has 0 bridgehead atoms. The van der Waals surface area contributed by atoms with Crippen molar-refractivity contribution in [2.45, 2.75) is 44.6 Å². The largest absolute Gasteiger partial charge is 0.487 e. The van der Waals surface area contributed by atoms with Crippen LogP contribution >= 0.6 is 11.6 Å². The molecule has 1 aromatic carbocycles. The average molecular weight is 237 g/mol. The third-order valence-electron chi connectivity index (χ3n) is 4.05. The van der Waals surface area contributed by atoms with Crippen LogP contribution in [0.25, 0.3) is 0 Å². The summed E-state index contributed by atoms with van der Waals surface area (Å²) in [6.45, 7) is 2.34. The number of fused-ring (bicyclic) bond motifs is 1. The SMILES string of the molecule is CC1CCC2(CC1)Cc1cc(Cl)ccc1O2. The van der Waals surface area contributed by atoms with Crippen LogP contribution in [0.1, 0.15) is 38.2 Å². The molecule has 2 aliphatic rings. The molecule has 2 heteroatoms. The lowest BCUT2D eigenvalue weighted by atomic mass is 9.77. The highest BCUT2D eigenvalue weighted by atomic mass is 35.5. The van der Waals surface area contributed by atoms with Crippen molar-refractivity contribution >= 4 is 11.6 Å². The Kier molecular flexibility index (Phi) is 2.39. The van der Waals surface area contributed by atoms with Crippen LogP contribution in [0, 0.1) is 5.92 Å². The van der Waals surface area contributed by atoms with Crippen molar-refractivity contribution in [1.29, 1.82) is 0 Å². The fraction of sp³-hybridized carbons (Fsp3) is 0.571. The van der Waals surface area contributed by atoms with Crippen LogP contribution in [0.3, 0.4) is 0 Å². The number of ether oxygens (including phenoxy) is 1. The first kappa shape index (κ1) is 10.5. The molecule has 1 saturated carbocycles. The van der Waals surface area contributed by atoms with Crippen molar-refractivity contribution in [1.82, 2.24) is 0 Å². The molecule has 1 fully saturated rings. The zero-order valence-electron chi connectivity index (χ0n) is 9.63. The van der Waals surface area contributed by atoms with Crippen molar-refractivity contribution in [2.75, 3.05) is 0 Å². The molecule has 1 heterocycles. The van der Waals surface area contributed by atoms with E-state index in [0.29, 0.717) is 0 Å². The van der Waals surface area contributed by atoms with E-state index in [9.17, 15) is 0 Å². The summed E-state index contributed by atoms with van der Waals surface area (Å²) in [5.41, 5.74) is 1.39. The van der Waals surface area contributed by atoms with Gasteiger partial charge in [0.15, 0.2) is 0 Å². The zero-order valence-corrected chi connectivity index (χ0v) is 10.4. The minimum atomic E-state index is 0.0968. The van der Waals surface area contributed by atoms with E-state index in [-0.39, 0.29) is 5.60 Å². The summed E-state index contributed by atoms with van der Waals surface area (Å²) in [4.78, 5) is 0. The third-order valence-corrected chi connectivity index (χ3v) is 4.28. The van der Waals surface area contributed by atoms with Gasteiger partial charge in [0.25, 0.3) is 0 Å². The molecule has 0 N–H and O–H groups in total. The van der Waals surface area contributed by atoms with Gasteiger partial charge < -0.3 is 4.74 Å². The molecule has 1 aliphatic heterocycles. The highest BCUT2D eigenvalue weighted by Gasteiger charge is 2.41. The Morgan fingerprint density at radius 2 is 2.06 bits per heavy atom. The van der Waals surface area contributed by atoms with E-state index in [2.05, 4.69) is 13.0 Å². The number of hydrogen-bond donors (Lipinski definition) is 0. The predicted molar refractivity (Wildman–Crippen MR) is 66.1 cm³/mol. The molecule has 0 amide bonds. The van der Waals surface area contributed by atoms with E-state index in [1.165, 1.54) is 31.2 Å². The Hall–Kier alpha value is -0.690. The fourth-order valence-corrected chi connectivity index (χ4v) is 3.16. The second-order valence-corrected chi connectivity index (χ2v) is 5.83. The molecular formula is C14H17ClO. The minimum Gasteiger partial charge on any atom is -0.487 e. The summed E-state index contributed by atoms with van der Waals surface area (Å²) in [5.74, 6) is 1.92. The van der Waals surface area contributed by atoms with Crippen LogP contribution in [0.5, 0.6) is 5.75 Å². The normalized spacial score (nSPS) is 32.5. The molecule has 1 nitrogen and oxygen atoms in total. The number of halogens is 1. The lowest BCUT2D eigenvalue weighted by molar-refractivity contribution is 0.0389. The molecule has 3 rings (SSSR count). The second kappa shape index (κ2) is 3.66. The van der Waals surface area contributed by atoms with Gasteiger partial charge in [0, 0.05) is 11.4 Å². The molecule has 1 aromatic rings. The molecule has 0 aromatic heterocycles. The molecule has 0 radical (unpaired) electrons. The van der Waals surface area contributed by atoms with Crippen LogP contribution in [-0.2, 0) is 6.42 Å². The van der Waals surface area contributed by atoms with Gasteiger partial charge in [-0.25, -0.2) is 0 Å². The number of rotatable bonds is 0. The van der Waals surface area contributed by atoms with Crippen molar-refractivity contribution in [3.05, 3.63) is 28.8 Å². The Balaban J connectivity index is 1.84. The zero-order chi connectivity index (χ0) is 11.2. The van der Waals surface area contributed by atoms with E-state index < -0.39 is 0 Å². The first-order valence-electron chi connectivity index (χ1n) is 6.14. The Labute approximate surface area is 102 Å². The number of hydrogen-bond acceptors (Lipinski definition) is 1. The maximum atomic E-state index is 6.18. The Morgan fingerprint density at radius 1 is 1.31 bits per heavy atom. The van der Waals surface area contributed by atoms with Crippen molar-refractivity contribution in [3.8, 4) is 5.75 Å². The quantitative estimate of drug-likeness (QED) is 0.655. The molecule has 16 heavy (non-hydrogen) atoms. The monoisotopic (exact) mass is 236 g/mol. The van der Waals surface area contributed by atoms with E-state index in [0.717, 1.165) is 23.1 Å². The smallest absolute Gasteiger partial charge is 0.123 e. The Bertz CT molecular complexity index is 405. The lowest BCUT2D eigenvalue weighted by Gasteiger charge is -2.35. The maximum absolute atomic E-state index is 6.18. The summed E-state index contributed by atoms with van der Waals surface area (Å²) in [5, 5.41) is 0.823. The average Bonchev–Trinajstić information content (AvgIpc) is 2.60. The fourth-order valence-electron chi connectivity index (χ4n) is 2.97. The standard InChI is InChI=1S/C14H17ClO/c1-10-4-6-14(7-5-10)9-11-8-12(15)2-3-13(11)16-14/h2-3,8,10H,4-7,9H2,1H3. The van der Waals surface area contributed by atoms with Crippen LogP contribution in [0.4, 0.5) is 0 Å². The van der Waals surface area contributed by atoms with Gasteiger partial charge in [0.05, 0.1) is 0 Å². The maximum Gasteiger partial charge on any atom is 0.123 e. The molecule has 0 atom stereocenters. The van der Waals surface area contributed by atoms with Crippen LogP contribution in [-0.4, -0.2) is 5.60 Å². The molecule has 0 unspecified atom stereocenters. The summed E-state index contributed by atoms with van der Waals surface area (Å²) < 4.78 is 6.18. The van der Waals surface area contributed by atoms with Gasteiger partial charge in [-0.3, -0.25) is 0 Å². The topological polar surface area (TPSA) is 9.23 Å². The summed E-state index contributed by atoms with van der Waals surface area (Å²) in [6.07, 6.45) is 6.03. The van der Waals surface area contributed by atoms with Crippen LogP contribution in [0.15, 0.2) is 18.2 Å². The van der Waals surface area contributed by atoms with E-state index in [4.69, 9.17) is 16.3 Å². The van der Waals surface area contributed by atoms with Gasteiger partial charge in [-0.15, -0.1) is 0 Å². The van der Waals surface area contributed by atoms with Crippen molar-refractivity contribution < 1.29 is 4.74 Å². The van der Waals surface area contributed by atoms with Gasteiger partial charge in [0.1, 0.15) is 11.4 Å². The van der Waals surface area contributed by atoms with Crippen molar-refractivity contribution in [2.24, 2.45) is 5.92 Å². The minimum absolute atomic E-state index is 0.0968. The third kappa shape index (κ3) is 1.71. The highest BCUT2D eigenvalue weighted by Crippen LogP contribution is 2.45. The van der Waals surface area contributed by atoms with E-state index in [1.54, 1.807) is 0 Å². The Morgan fingerprint density at radius 3 is 2.81 bits per heavy atom. The van der Waals surface area contributed by atoms with Gasteiger partial charge in [-0.1, -0.05) is 18.5 Å². The summed E-state index contributed by atoms with van der Waals surface area (Å²) >= 11 is 6.02. The van der Waals surface area contributed by atoms with Gasteiger partial charge in [0.2, 0.25) is 0 Å². The molecule has 1 spiro atoms. The van der Waals surface area contributed by atoms with Crippen LogP contribution in [0.2, 0.25) is 5.02 Å². The summed E-state index contributed by atoms with van der Waals surface area (Å²) in [7, 11) is 0. The van der Waals surface area contributed by atoms with E-state index in [1.807, 2.05) is 12.1 Å². The predicted octanol–water partition coefficient (Wildman–Crippen LogP) is 4.22. The summed E-state index contributed by atoms with van der Waals surface area (Å²) in [6, 6.07) is 6.00. The lowest BCUT2D eigenvalue weighted by Crippen LogP contribution is -2.38. The highest BCUT2D eigenvalue weighted by molar-refractivity contribution is 6.30. The van der Waals surface area contributed by atoms with Gasteiger partial charge in [-0.2, -0.15) is 0 Å². The number of benzene rings is 1. The van der Waals surface area contributed by atoms with Gasteiger partial charge >= 0.3 is 0 Å². The molecule has 0 saturated heterocycles. The van der Waals surface area contributed by atoms with Crippen molar-refractivity contribution in [3.63, 3.8) is 0 Å². The second-order valence-electron chi connectivity index (χ2n) is 5.40. The van der Waals surface area contributed by atoms with Crippen LogP contribution < -0.4 is 4.74 Å². The van der Waals surface area contributed by atoms with E-state index >= 15 is 0 Å². The molecular weight excluding hydrogens is 220 g/mol.